The summed E-state index contributed by atoms with van der Waals surface area (Å²) in [6.07, 6.45) is 4.65. The minimum absolute atomic E-state index is 0.235. The maximum atomic E-state index is 11.6. The van der Waals surface area contributed by atoms with E-state index >= 15 is 0 Å². The smallest absolute Gasteiger partial charge is 0.248 e. The predicted octanol–water partition coefficient (Wildman–Crippen LogP) is 0.941. The fourth-order valence-electron chi connectivity index (χ4n) is 4.97. The topological polar surface area (TPSA) is 67.2 Å². The Balaban J connectivity index is 1.88. The van der Waals surface area contributed by atoms with E-state index < -0.39 is 0 Å². The van der Waals surface area contributed by atoms with Crippen LogP contribution in [0.5, 0.6) is 0 Å². The molecule has 21 heavy (non-hydrogen) atoms. The SMILES string of the molecule is NC(=O)c1ccc2c(c1)C13CCNCCC1C(C2)NCC3. The van der Waals surface area contributed by atoms with Gasteiger partial charge in [0.05, 0.1) is 0 Å². The molecule has 2 saturated heterocycles. The number of fused-ring (bicyclic) bond motifs is 1. The first kappa shape index (κ1) is 13.3. The van der Waals surface area contributed by atoms with Gasteiger partial charge in [0.15, 0.2) is 0 Å². The minimum atomic E-state index is -0.312. The summed E-state index contributed by atoms with van der Waals surface area (Å²) < 4.78 is 0. The number of nitrogens with two attached hydrogens (primary N) is 1. The van der Waals surface area contributed by atoms with Crippen molar-refractivity contribution in [2.45, 2.75) is 37.1 Å². The molecule has 0 saturated carbocycles. The normalized spacial score (nSPS) is 34.5. The summed E-state index contributed by atoms with van der Waals surface area (Å²) in [4.78, 5) is 11.6. The van der Waals surface area contributed by atoms with Gasteiger partial charge in [-0.05, 0) is 74.5 Å². The van der Waals surface area contributed by atoms with Crippen molar-refractivity contribution < 1.29 is 4.79 Å². The highest BCUT2D eigenvalue weighted by Crippen LogP contribution is 2.50. The van der Waals surface area contributed by atoms with Crippen molar-refractivity contribution in [3.63, 3.8) is 0 Å². The van der Waals surface area contributed by atoms with Crippen LogP contribution >= 0.6 is 0 Å². The molecule has 4 nitrogen and oxygen atoms in total. The molecule has 1 aliphatic carbocycles. The van der Waals surface area contributed by atoms with Gasteiger partial charge in [0, 0.05) is 17.0 Å². The number of piperidine rings is 1. The van der Waals surface area contributed by atoms with Gasteiger partial charge in [0.1, 0.15) is 0 Å². The molecular formula is C17H23N3O. The Kier molecular flexibility index (Phi) is 3.05. The van der Waals surface area contributed by atoms with Gasteiger partial charge in [-0.15, -0.1) is 0 Å². The van der Waals surface area contributed by atoms with Crippen LogP contribution in [0.4, 0.5) is 0 Å². The third-order valence-corrected chi connectivity index (χ3v) is 5.92. The average molecular weight is 285 g/mol. The number of rotatable bonds is 1. The van der Waals surface area contributed by atoms with E-state index in [1.165, 1.54) is 30.4 Å². The number of carbonyl (C=O) groups excluding carboxylic acids is 1. The molecule has 2 fully saturated rings. The number of hydrogen-bond acceptors (Lipinski definition) is 3. The summed E-state index contributed by atoms with van der Waals surface area (Å²) in [6, 6.07) is 6.71. The fraction of sp³-hybridized carbons (Fsp3) is 0.588. The first-order valence-corrected chi connectivity index (χ1v) is 8.08. The maximum Gasteiger partial charge on any atom is 0.248 e. The molecule has 3 unspecified atom stereocenters. The maximum absolute atomic E-state index is 11.6. The van der Waals surface area contributed by atoms with Crippen molar-refractivity contribution in [1.29, 1.82) is 0 Å². The van der Waals surface area contributed by atoms with Crippen LogP contribution in [0.15, 0.2) is 18.2 Å². The van der Waals surface area contributed by atoms with Crippen LogP contribution in [-0.4, -0.2) is 31.6 Å². The Morgan fingerprint density at radius 2 is 2.10 bits per heavy atom. The van der Waals surface area contributed by atoms with Crippen molar-refractivity contribution in [2.75, 3.05) is 19.6 Å². The number of benzene rings is 1. The van der Waals surface area contributed by atoms with Crippen molar-refractivity contribution >= 4 is 5.91 Å². The quantitative estimate of drug-likeness (QED) is 0.719. The molecule has 2 heterocycles. The standard InChI is InChI=1S/C17H23N3O/c18-16(21)12-2-1-11-10-15-13-3-6-19-7-4-17(13,5-8-20-15)14(11)9-12/h1-2,9,13,15,19-20H,3-8,10H2,(H2,18,21). The van der Waals surface area contributed by atoms with Gasteiger partial charge in [-0.3, -0.25) is 4.79 Å². The molecule has 1 amide bonds. The Hall–Kier alpha value is -1.39. The minimum Gasteiger partial charge on any atom is -0.366 e. The van der Waals surface area contributed by atoms with Crippen molar-refractivity contribution in [3.8, 4) is 0 Å². The second kappa shape index (κ2) is 4.82. The molecule has 0 radical (unpaired) electrons. The largest absolute Gasteiger partial charge is 0.366 e. The molecule has 3 aliphatic rings. The molecule has 1 aromatic carbocycles. The van der Waals surface area contributed by atoms with E-state index in [1.54, 1.807) is 0 Å². The summed E-state index contributed by atoms with van der Waals surface area (Å²) in [6.45, 7) is 3.26. The molecule has 4 N–H and O–H groups in total. The Labute approximate surface area is 125 Å². The second-order valence-electron chi connectivity index (χ2n) is 6.80. The highest BCUT2D eigenvalue weighted by molar-refractivity contribution is 5.93. The van der Waals surface area contributed by atoms with E-state index in [9.17, 15) is 4.79 Å². The third-order valence-electron chi connectivity index (χ3n) is 5.92. The van der Waals surface area contributed by atoms with E-state index in [1.807, 2.05) is 6.07 Å². The van der Waals surface area contributed by atoms with Gasteiger partial charge in [-0.25, -0.2) is 0 Å². The van der Waals surface area contributed by atoms with E-state index in [-0.39, 0.29) is 11.3 Å². The summed E-state index contributed by atoms with van der Waals surface area (Å²) in [5, 5.41) is 7.29. The molecule has 3 atom stereocenters. The Bertz CT molecular complexity index is 585. The average Bonchev–Trinajstić information content (AvgIpc) is 2.70. The zero-order chi connectivity index (χ0) is 14.4. The zero-order valence-electron chi connectivity index (χ0n) is 12.3. The van der Waals surface area contributed by atoms with Gasteiger partial charge >= 0.3 is 0 Å². The second-order valence-corrected chi connectivity index (χ2v) is 6.80. The molecular weight excluding hydrogens is 262 g/mol. The van der Waals surface area contributed by atoms with Crippen LogP contribution < -0.4 is 16.4 Å². The lowest BCUT2D eigenvalue weighted by atomic mass is 9.56. The molecule has 4 heteroatoms. The molecule has 1 aromatic rings. The van der Waals surface area contributed by atoms with Gasteiger partial charge in [0.2, 0.25) is 5.91 Å². The van der Waals surface area contributed by atoms with E-state index in [0.29, 0.717) is 17.5 Å². The number of hydrogen-bond donors (Lipinski definition) is 3. The van der Waals surface area contributed by atoms with Crippen molar-refractivity contribution in [2.24, 2.45) is 11.7 Å². The number of carbonyl (C=O) groups is 1. The number of amides is 1. The van der Waals surface area contributed by atoms with Gasteiger partial charge in [-0.1, -0.05) is 6.07 Å². The fourth-order valence-corrected chi connectivity index (χ4v) is 4.97. The first-order chi connectivity index (χ1) is 10.2. The Morgan fingerprint density at radius 1 is 1.24 bits per heavy atom. The summed E-state index contributed by atoms with van der Waals surface area (Å²) in [5.74, 6) is 0.366. The van der Waals surface area contributed by atoms with Crippen LogP contribution in [0.2, 0.25) is 0 Å². The Morgan fingerprint density at radius 3 is 2.95 bits per heavy atom. The summed E-state index contributed by atoms with van der Waals surface area (Å²) in [7, 11) is 0. The van der Waals surface area contributed by atoms with Crippen LogP contribution in [0.3, 0.4) is 0 Å². The molecule has 2 aliphatic heterocycles. The summed E-state index contributed by atoms with van der Waals surface area (Å²) in [5.41, 5.74) is 9.23. The van der Waals surface area contributed by atoms with E-state index in [0.717, 1.165) is 26.1 Å². The van der Waals surface area contributed by atoms with Crippen molar-refractivity contribution in [3.05, 3.63) is 34.9 Å². The van der Waals surface area contributed by atoms with Crippen LogP contribution in [0, 0.1) is 5.92 Å². The van der Waals surface area contributed by atoms with Gasteiger partial charge in [0.25, 0.3) is 0 Å². The monoisotopic (exact) mass is 285 g/mol. The lowest BCUT2D eigenvalue weighted by molar-refractivity contribution is 0.0998. The third kappa shape index (κ3) is 1.93. The number of primary amides is 1. The first-order valence-electron chi connectivity index (χ1n) is 8.08. The molecule has 4 rings (SSSR count). The van der Waals surface area contributed by atoms with E-state index in [4.69, 9.17) is 5.73 Å². The predicted molar refractivity (Wildman–Crippen MR) is 82.3 cm³/mol. The highest BCUT2D eigenvalue weighted by atomic mass is 16.1. The van der Waals surface area contributed by atoms with Gasteiger partial charge in [-0.2, -0.15) is 0 Å². The lowest BCUT2D eigenvalue weighted by Crippen LogP contribution is -2.58. The molecule has 112 valence electrons. The van der Waals surface area contributed by atoms with Crippen LogP contribution in [-0.2, 0) is 11.8 Å². The zero-order valence-corrected chi connectivity index (χ0v) is 12.3. The molecule has 0 aromatic heterocycles. The van der Waals surface area contributed by atoms with Gasteiger partial charge < -0.3 is 16.4 Å². The number of nitrogens with one attached hydrogen (secondary N) is 2. The molecule has 0 spiro atoms. The van der Waals surface area contributed by atoms with Crippen molar-refractivity contribution in [1.82, 2.24) is 10.6 Å². The van der Waals surface area contributed by atoms with Crippen LogP contribution in [0.1, 0.15) is 40.7 Å². The highest BCUT2D eigenvalue weighted by Gasteiger charge is 2.50. The molecule has 2 bridgehead atoms. The van der Waals surface area contributed by atoms with Crippen LogP contribution in [0.25, 0.3) is 0 Å². The van der Waals surface area contributed by atoms with E-state index in [2.05, 4.69) is 22.8 Å². The lowest BCUT2D eigenvalue weighted by Gasteiger charge is -2.53. The summed E-state index contributed by atoms with van der Waals surface area (Å²) >= 11 is 0.